The minimum atomic E-state index is -0.0129. The Bertz CT molecular complexity index is 1140. The van der Waals surface area contributed by atoms with Crippen molar-refractivity contribution < 1.29 is 20.1 Å². The van der Waals surface area contributed by atoms with Gasteiger partial charge in [0, 0.05) is 22.1 Å². The van der Waals surface area contributed by atoms with Gasteiger partial charge in [-0.1, -0.05) is 30.3 Å². The fraction of sp³-hybridized carbons (Fsp3) is 0.231. The van der Waals surface area contributed by atoms with Gasteiger partial charge in [-0.2, -0.15) is 0 Å². The minimum absolute atomic E-state index is 0.0129. The highest BCUT2D eigenvalue weighted by atomic mass is 32.2. The van der Waals surface area contributed by atoms with Crippen molar-refractivity contribution in [1.82, 2.24) is 0 Å². The molecule has 160 valence electrons. The Balaban J connectivity index is 1.84. The van der Waals surface area contributed by atoms with Crippen LogP contribution in [0.2, 0.25) is 0 Å². The maximum absolute atomic E-state index is 10.8. The first-order valence-corrected chi connectivity index (χ1v) is 11.4. The number of hydrogen-bond acceptors (Lipinski definition) is 5. The molecular weight excluding hydrogens is 408 g/mol. The molecule has 0 saturated carbocycles. The molecule has 0 radical (unpaired) electrons. The third-order valence-electron chi connectivity index (χ3n) is 6.14. The van der Waals surface area contributed by atoms with Crippen LogP contribution < -0.4 is 4.74 Å². The molecule has 4 rings (SSSR count). The van der Waals surface area contributed by atoms with Crippen molar-refractivity contribution in [1.29, 1.82) is 0 Å². The van der Waals surface area contributed by atoms with Crippen LogP contribution in [0.3, 0.4) is 0 Å². The van der Waals surface area contributed by atoms with E-state index in [4.69, 9.17) is 4.74 Å². The summed E-state index contributed by atoms with van der Waals surface area (Å²) in [4.78, 5) is 1.07. The largest absolute Gasteiger partial charge is 0.508 e. The third kappa shape index (κ3) is 3.74. The highest BCUT2D eigenvalue weighted by molar-refractivity contribution is 7.98. The second-order valence-electron chi connectivity index (χ2n) is 7.80. The Morgan fingerprint density at radius 2 is 1.84 bits per heavy atom. The molecule has 0 amide bonds. The van der Waals surface area contributed by atoms with E-state index in [1.165, 1.54) is 13.2 Å². The smallest absolute Gasteiger partial charge is 0.160 e. The lowest BCUT2D eigenvalue weighted by Crippen LogP contribution is -2.08. The monoisotopic (exact) mass is 434 g/mol. The Morgan fingerprint density at radius 3 is 2.52 bits per heavy atom. The first kappa shape index (κ1) is 21.2. The number of aromatic hydroxyl groups is 3. The molecule has 1 aliphatic rings. The van der Waals surface area contributed by atoms with Crippen molar-refractivity contribution in [2.24, 2.45) is 5.92 Å². The zero-order valence-electron chi connectivity index (χ0n) is 17.6. The van der Waals surface area contributed by atoms with E-state index in [1.807, 2.05) is 42.7 Å². The summed E-state index contributed by atoms with van der Waals surface area (Å²) in [5.74, 6) is 0.805. The number of ether oxygens (including phenoxy) is 1. The highest BCUT2D eigenvalue weighted by Crippen LogP contribution is 2.52. The van der Waals surface area contributed by atoms with Crippen LogP contribution in [0.25, 0.3) is 11.1 Å². The Hall–Kier alpha value is -3.05. The quantitative estimate of drug-likeness (QED) is 0.334. The number of rotatable bonds is 6. The molecule has 1 unspecified atom stereocenters. The first-order valence-electron chi connectivity index (χ1n) is 10.2. The number of fused-ring (bicyclic) bond motifs is 1. The van der Waals surface area contributed by atoms with Crippen LogP contribution in [0.5, 0.6) is 23.0 Å². The zero-order chi connectivity index (χ0) is 22.1. The van der Waals surface area contributed by atoms with E-state index in [2.05, 4.69) is 6.58 Å². The predicted molar refractivity (Wildman–Crippen MR) is 125 cm³/mol. The van der Waals surface area contributed by atoms with Crippen LogP contribution in [0.1, 0.15) is 22.6 Å². The number of phenolic OH excluding ortho intramolecular Hbond substituents is 3. The average Bonchev–Trinajstić information content (AvgIpc) is 3.12. The maximum atomic E-state index is 10.8. The second kappa shape index (κ2) is 8.60. The van der Waals surface area contributed by atoms with Crippen molar-refractivity contribution in [2.45, 2.75) is 23.7 Å². The predicted octanol–water partition coefficient (Wildman–Crippen LogP) is 5.89. The Kier molecular flexibility index (Phi) is 5.88. The van der Waals surface area contributed by atoms with Gasteiger partial charge in [-0.3, -0.25) is 0 Å². The molecule has 0 spiro atoms. The van der Waals surface area contributed by atoms with E-state index in [0.717, 1.165) is 32.7 Å². The molecule has 2 atom stereocenters. The van der Waals surface area contributed by atoms with Gasteiger partial charge >= 0.3 is 0 Å². The summed E-state index contributed by atoms with van der Waals surface area (Å²) >= 11 is 1.63. The third-order valence-corrected chi connectivity index (χ3v) is 6.93. The number of phenols is 3. The van der Waals surface area contributed by atoms with Crippen molar-refractivity contribution >= 4 is 11.8 Å². The molecule has 1 aliphatic carbocycles. The van der Waals surface area contributed by atoms with Gasteiger partial charge in [0.2, 0.25) is 0 Å². The normalized spacial score (nSPS) is 17.4. The minimum Gasteiger partial charge on any atom is -0.508 e. The van der Waals surface area contributed by atoms with Gasteiger partial charge in [0.15, 0.2) is 11.5 Å². The molecule has 0 aromatic heterocycles. The lowest BCUT2D eigenvalue weighted by Gasteiger charge is -2.20. The van der Waals surface area contributed by atoms with E-state index < -0.39 is 0 Å². The summed E-state index contributed by atoms with van der Waals surface area (Å²) in [7, 11) is 1.52. The van der Waals surface area contributed by atoms with Crippen molar-refractivity contribution in [3.63, 3.8) is 0 Å². The first-order chi connectivity index (χ1) is 15.0. The number of methoxy groups -OCH3 is 1. The average molecular weight is 435 g/mol. The maximum Gasteiger partial charge on any atom is 0.160 e. The highest BCUT2D eigenvalue weighted by Gasteiger charge is 2.36. The number of thioether (sulfide) groups is 1. The fourth-order valence-corrected chi connectivity index (χ4v) is 5.31. The summed E-state index contributed by atoms with van der Waals surface area (Å²) in [5, 5.41) is 31.9. The molecule has 3 N–H and O–H groups in total. The molecule has 0 bridgehead atoms. The van der Waals surface area contributed by atoms with Gasteiger partial charge in [-0.25, -0.2) is 0 Å². The molecule has 5 heteroatoms. The van der Waals surface area contributed by atoms with Crippen molar-refractivity contribution in [2.75, 3.05) is 13.4 Å². The van der Waals surface area contributed by atoms with Crippen molar-refractivity contribution in [3.05, 3.63) is 77.9 Å². The zero-order valence-corrected chi connectivity index (χ0v) is 18.4. The number of benzene rings is 3. The summed E-state index contributed by atoms with van der Waals surface area (Å²) in [5.41, 5.74) is 4.51. The molecule has 3 aromatic rings. The standard InChI is InChI=1S/C26H26O4S/c1-4-16-13-19-25(17-7-5-6-8-24(17)31-3)21(28)14-22(29)26(19)18(16)11-15-9-10-23(30-2)20(27)12-15/h4-10,12,14,16,18,27-29H,1,11,13H2,2-3H3/t16?,18-/m1/s1. The molecule has 0 heterocycles. The molecule has 0 aliphatic heterocycles. The second-order valence-corrected chi connectivity index (χ2v) is 8.65. The number of allylic oxidation sites excluding steroid dienone is 1. The van der Waals surface area contributed by atoms with Gasteiger partial charge in [0.05, 0.1) is 7.11 Å². The van der Waals surface area contributed by atoms with Crippen LogP contribution in [-0.2, 0) is 12.8 Å². The van der Waals surface area contributed by atoms with E-state index in [1.54, 1.807) is 23.9 Å². The molecule has 3 aromatic carbocycles. The van der Waals surface area contributed by atoms with Gasteiger partial charge < -0.3 is 20.1 Å². The van der Waals surface area contributed by atoms with E-state index in [9.17, 15) is 15.3 Å². The SMILES string of the molecule is C=CC1Cc2c(-c3ccccc3SC)c(O)cc(O)c2[C@@H]1Cc1ccc(OC)c(O)c1. The molecule has 0 fully saturated rings. The van der Waals surface area contributed by atoms with Crippen LogP contribution in [0.15, 0.2) is 66.1 Å². The Morgan fingerprint density at radius 1 is 1.06 bits per heavy atom. The summed E-state index contributed by atoms with van der Waals surface area (Å²) in [6.45, 7) is 4.03. The topological polar surface area (TPSA) is 69.9 Å². The lowest BCUT2D eigenvalue weighted by atomic mass is 9.86. The summed E-state index contributed by atoms with van der Waals surface area (Å²) in [6.07, 6.45) is 5.26. The molecule has 0 saturated heterocycles. The molecular formula is C26H26O4S. The summed E-state index contributed by atoms with van der Waals surface area (Å²) in [6, 6.07) is 14.8. The van der Waals surface area contributed by atoms with Gasteiger partial charge in [-0.15, -0.1) is 18.3 Å². The van der Waals surface area contributed by atoms with Crippen molar-refractivity contribution in [3.8, 4) is 34.1 Å². The van der Waals surface area contributed by atoms with Crippen LogP contribution >= 0.6 is 11.8 Å². The number of hydrogen-bond donors (Lipinski definition) is 3. The van der Waals surface area contributed by atoms with Gasteiger partial charge in [0.25, 0.3) is 0 Å². The van der Waals surface area contributed by atoms with Crippen LogP contribution in [-0.4, -0.2) is 28.7 Å². The van der Waals surface area contributed by atoms with Crippen LogP contribution in [0, 0.1) is 5.92 Å². The van der Waals surface area contributed by atoms with Gasteiger partial charge in [-0.05, 0) is 65.8 Å². The Labute approximate surface area is 186 Å². The fourth-order valence-electron chi connectivity index (χ4n) is 4.71. The van der Waals surface area contributed by atoms with E-state index in [-0.39, 0.29) is 29.1 Å². The summed E-state index contributed by atoms with van der Waals surface area (Å²) < 4.78 is 5.15. The van der Waals surface area contributed by atoms with E-state index >= 15 is 0 Å². The molecule has 31 heavy (non-hydrogen) atoms. The van der Waals surface area contributed by atoms with E-state index in [0.29, 0.717) is 18.6 Å². The van der Waals surface area contributed by atoms with Crippen LogP contribution in [0.4, 0.5) is 0 Å². The molecule has 4 nitrogen and oxygen atoms in total. The lowest BCUT2D eigenvalue weighted by molar-refractivity contribution is 0.373. The van der Waals surface area contributed by atoms with Gasteiger partial charge in [0.1, 0.15) is 11.5 Å².